The summed E-state index contributed by atoms with van der Waals surface area (Å²) in [5.74, 6) is -2.42. The van der Waals surface area contributed by atoms with E-state index in [1.165, 1.54) is 16.8 Å². The molecule has 0 aromatic carbocycles. The molecule has 1 aliphatic carbocycles. The zero-order chi connectivity index (χ0) is 15.9. The maximum absolute atomic E-state index is 13.4. The van der Waals surface area contributed by atoms with Crippen LogP contribution in [-0.4, -0.2) is 26.5 Å². The number of halogens is 2. The van der Waals surface area contributed by atoms with Crippen molar-refractivity contribution >= 4 is 22.7 Å². The number of anilines is 2. The molecule has 2 aromatic heterocycles. The van der Waals surface area contributed by atoms with Gasteiger partial charge in [-0.2, -0.15) is 4.98 Å². The van der Waals surface area contributed by atoms with Gasteiger partial charge in [-0.1, -0.05) is 0 Å². The maximum atomic E-state index is 13.4. The average Bonchev–Trinajstić information content (AvgIpc) is 2.44. The highest BCUT2D eigenvalue weighted by Crippen LogP contribution is 2.34. The Morgan fingerprint density at radius 3 is 3.00 bits per heavy atom. The number of nitrogens with zero attached hydrogens (tertiary/aromatic N) is 3. The van der Waals surface area contributed by atoms with E-state index < -0.39 is 5.92 Å². The number of nitrogens with one attached hydrogen (secondary N) is 1. The van der Waals surface area contributed by atoms with Crippen LogP contribution in [-0.2, 0) is 7.05 Å². The third-order valence-electron chi connectivity index (χ3n) is 3.98. The van der Waals surface area contributed by atoms with E-state index in [9.17, 15) is 13.6 Å². The minimum Gasteiger partial charge on any atom is -0.398 e. The van der Waals surface area contributed by atoms with Gasteiger partial charge in [-0.15, -0.1) is 0 Å². The SMILES string of the molecule is Cn1c(=O)cc(N)c2cnc(NC3CCCC(F)(F)C3)nc21. The number of rotatable bonds is 2. The molecule has 3 N–H and O–H groups in total. The van der Waals surface area contributed by atoms with Gasteiger partial charge in [0, 0.05) is 43.9 Å². The third-order valence-corrected chi connectivity index (χ3v) is 3.98. The van der Waals surface area contributed by atoms with Crippen molar-refractivity contribution in [2.75, 3.05) is 11.1 Å². The molecule has 0 amide bonds. The molecular weight excluding hydrogens is 292 g/mol. The molecule has 118 valence electrons. The number of nitrogen functional groups attached to an aromatic ring is 1. The number of alkyl halides is 2. The number of aromatic nitrogens is 3. The molecule has 2 aromatic rings. The Hall–Kier alpha value is -2.25. The van der Waals surface area contributed by atoms with Crippen molar-refractivity contribution in [1.82, 2.24) is 14.5 Å². The highest BCUT2D eigenvalue weighted by atomic mass is 19.3. The lowest BCUT2D eigenvalue weighted by Gasteiger charge is -2.29. The number of nitrogens with two attached hydrogens (primary N) is 1. The highest BCUT2D eigenvalue weighted by molar-refractivity contribution is 5.87. The zero-order valence-electron chi connectivity index (χ0n) is 12.1. The molecule has 1 unspecified atom stereocenters. The van der Waals surface area contributed by atoms with E-state index in [2.05, 4.69) is 15.3 Å². The van der Waals surface area contributed by atoms with Gasteiger partial charge in [-0.05, 0) is 12.8 Å². The molecule has 8 heteroatoms. The van der Waals surface area contributed by atoms with Gasteiger partial charge in [-0.25, -0.2) is 13.8 Å². The van der Waals surface area contributed by atoms with Crippen molar-refractivity contribution in [2.45, 2.75) is 37.6 Å². The molecule has 1 atom stereocenters. The van der Waals surface area contributed by atoms with E-state index in [-0.39, 0.29) is 30.4 Å². The Balaban J connectivity index is 1.92. The Morgan fingerprint density at radius 2 is 2.27 bits per heavy atom. The van der Waals surface area contributed by atoms with Gasteiger partial charge in [0.1, 0.15) is 5.65 Å². The standard InChI is InChI=1S/C14H17F2N5O/c1-21-11(22)5-10(17)9-7-18-13(20-12(9)21)19-8-3-2-4-14(15,16)6-8/h5,7-8H,2-4,6,17H2,1H3,(H,18,19,20). The summed E-state index contributed by atoms with van der Waals surface area (Å²) in [5.41, 5.74) is 6.18. The third kappa shape index (κ3) is 2.72. The lowest BCUT2D eigenvalue weighted by molar-refractivity contribution is -0.0374. The molecule has 0 spiro atoms. The molecule has 2 heterocycles. The first-order valence-electron chi connectivity index (χ1n) is 7.12. The van der Waals surface area contributed by atoms with Gasteiger partial charge in [-0.3, -0.25) is 9.36 Å². The summed E-state index contributed by atoms with van der Waals surface area (Å²) in [7, 11) is 1.58. The molecule has 1 fully saturated rings. The number of hydrogen-bond acceptors (Lipinski definition) is 5. The van der Waals surface area contributed by atoms with Crippen LogP contribution in [0.25, 0.3) is 11.0 Å². The summed E-state index contributed by atoms with van der Waals surface area (Å²) in [6, 6.07) is 0.930. The monoisotopic (exact) mass is 309 g/mol. The van der Waals surface area contributed by atoms with Gasteiger partial charge in [0.05, 0.1) is 5.39 Å². The molecule has 0 radical (unpaired) electrons. The lowest BCUT2D eigenvalue weighted by atomic mass is 9.92. The minimum absolute atomic E-state index is 0.0746. The van der Waals surface area contributed by atoms with Crippen LogP contribution < -0.4 is 16.6 Å². The van der Waals surface area contributed by atoms with Gasteiger partial charge in [0.15, 0.2) is 0 Å². The van der Waals surface area contributed by atoms with E-state index in [4.69, 9.17) is 5.73 Å². The van der Waals surface area contributed by atoms with Crippen LogP contribution in [0.5, 0.6) is 0 Å². The fourth-order valence-corrected chi connectivity index (χ4v) is 2.79. The van der Waals surface area contributed by atoms with Gasteiger partial charge >= 0.3 is 0 Å². The Labute approximate surface area is 125 Å². The number of pyridine rings is 1. The second-order valence-corrected chi connectivity index (χ2v) is 5.72. The molecule has 0 saturated heterocycles. The summed E-state index contributed by atoms with van der Waals surface area (Å²) in [6.07, 6.45) is 2.30. The molecule has 3 rings (SSSR count). The summed E-state index contributed by atoms with van der Waals surface area (Å²) in [6.45, 7) is 0. The van der Waals surface area contributed by atoms with E-state index >= 15 is 0 Å². The molecule has 1 aliphatic rings. The van der Waals surface area contributed by atoms with E-state index in [1.807, 2.05) is 0 Å². The highest BCUT2D eigenvalue weighted by Gasteiger charge is 2.36. The van der Waals surface area contributed by atoms with Crippen molar-refractivity contribution in [2.24, 2.45) is 7.05 Å². The fourth-order valence-electron chi connectivity index (χ4n) is 2.79. The smallest absolute Gasteiger partial charge is 0.253 e. The van der Waals surface area contributed by atoms with E-state index in [1.54, 1.807) is 7.05 Å². The zero-order valence-corrected chi connectivity index (χ0v) is 12.1. The van der Waals surface area contributed by atoms with Crippen LogP contribution in [0.3, 0.4) is 0 Å². The summed E-state index contributed by atoms with van der Waals surface area (Å²) >= 11 is 0. The average molecular weight is 309 g/mol. The minimum atomic E-state index is -2.65. The molecule has 0 aliphatic heterocycles. The van der Waals surface area contributed by atoms with Crippen molar-refractivity contribution < 1.29 is 8.78 Å². The normalized spacial score (nSPS) is 21.0. The van der Waals surface area contributed by atoms with Crippen LogP contribution in [0, 0.1) is 0 Å². The lowest BCUT2D eigenvalue weighted by Crippen LogP contribution is -2.34. The Morgan fingerprint density at radius 1 is 1.50 bits per heavy atom. The van der Waals surface area contributed by atoms with Gasteiger partial charge in [0.2, 0.25) is 11.9 Å². The molecule has 1 saturated carbocycles. The second kappa shape index (κ2) is 5.19. The van der Waals surface area contributed by atoms with Crippen LogP contribution in [0.1, 0.15) is 25.7 Å². The number of aryl methyl sites for hydroxylation is 1. The summed E-state index contributed by atoms with van der Waals surface area (Å²) < 4.78 is 28.2. The number of hydrogen-bond donors (Lipinski definition) is 2. The number of fused-ring (bicyclic) bond motifs is 1. The van der Waals surface area contributed by atoms with Gasteiger partial charge < -0.3 is 11.1 Å². The van der Waals surface area contributed by atoms with Crippen molar-refractivity contribution in [3.63, 3.8) is 0 Å². The Bertz CT molecular complexity index is 774. The van der Waals surface area contributed by atoms with Crippen LogP contribution in [0.4, 0.5) is 20.4 Å². The molecular formula is C14H17F2N5O. The van der Waals surface area contributed by atoms with Crippen LogP contribution >= 0.6 is 0 Å². The summed E-state index contributed by atoms with van der Waals surface area (Å²) in [4.78, 5) is 20.1. The first kappa shape index (κ1) is 14.7. The van der Waals surface area contributed by atoms with Crippen molar-refractivity contribution in [3.8, 4) is 0 Å². The van der Waals surface area contributed by atoms with Crippen LogP contribution in [0.15, 0.2) is 17.1 Å². The first-order valence-corrected chi connectivity index (χ1v) is 7.12. The maximum Gasteiger partial charge on any atom is 0.253 e. The van der Waals surface area contributed by atoms with E-state index in [0.717, 1.165) is 0 Å². The molecule has 22 heavy (non-hydrogen) atoms. The quantitative estimate of drug-likeness (QED) is 0.885. The summed E-state index contributed by atoms with van der Waals surface area (Å²) in [5, 5.41) is 3.49. The Kier molecular flexibility index (Phi) is 3.46. The predicted molar refractivity (Wildman–Crippen MR) is 80.0 cm³/mol. The topological polar surface area (TPSA) is 85.8 Å². The predicted octanol–water partition coefficient (Wildman–Crippen LogP) is 1.90. The van der Waals surface area contributed by atoms with Crippen molar-refractivity contribution in [3.05, 3.63) is 22.6 Å². The van der Waals surface area contributed by atoms with Gasteiger partial charge in [0.25, 0.3) is 5.56 Å². The largest absolute Gasteiger partial charge is 0.398 e. The first-order chi connectivity index (χ1) is 10.4. The van der Waals surface area contributed by atoms with E-state index in [0.29, 0.717) is 29.6 Å². The van der Waals surface area contributed by atoms with Crippen LogP contribution in [0.2, 0.25) is 0 Å². The molecule has 0 bridgehead atoms. The van der Waals surface area contributed by atoms with Crippen molar-refractivity contribution in [1.29, 1.82) is 0 Å². The fraction of sp³-hybridized carbons (Fsp3) is 0.500. The second-order valence-electron chi connectivity index (χ2n) is 5.72. The molecule has 6 nitrogen and oxygen atoms in total.